The van der Waals surface area contributed by atoms with Crippen LogP contribution < -0.4 is 0 Å². The van der Waals surface area contributed by atoms with E-state index in [1.54, 1.807) is 0 Å². The summed E-state index contributed by atoms with van der Waals surface area (Å²) in [5, 5.41) is 0. The van der Waals surface area contributed by atoms with Crippen molar-refractivity contribution in [3.63, 3.8) is 0 Å². The summed E-state index contributed by atoms with van der Waals surface area (Å²) in [6, 6.07) is 0. The third-order valence-corrected chi connectivity index (χ3v) is 0.986. The van der Waals surface area contributed by atoms with Crippen molar-refractivity contribution in [1.82, 2.24) is 0 Å². The average molecular weight is 170 g/mol. The molecule has 5 heteroatoms. The minimum absolute atomic E-state index is 0.710. The second-order valence-corrected chi connectivity index (χ2v) is 1.99. The number of esters is 1. The zero-order valence-corrected chi connectivity index (χ0v) is 6.02. The highest BCUT2D eigenvalue weighted by Crippen LogP contribution is 2.05. The van der Waals surface area contributed by atoms with Gasteiger partial charge in [0, 0.05) is 6.92 Å². The lowest BCUT2D eigenvalue weighted by Gasteiger charge is -2.09. The van der Waals surface area contributed by atoms with Crippen LogP contribution in [0.15, 0.2) is 0 Å². The van der Waals surface area contributed by atoms with Gasteiger partial charge in [-0.1, -0.05) is 0 Å². The second-order valence-electron chi connectivity index (χ2n) is 1.99. The van der Waals surface area contributed by atoms with Gasteiger partial charge in [-0.25, -0.2) is 13.2 Å². The van der Waals surface area contributed by atoms with E-state index in [0.29, 0.717) is 0 Å². The van der Waals surface area contributed by atoms with E-state index in [1.807, 2.05) is 0 Å². The number of ether oxygens (including phenoxy) is 1. The number of carbonyl (C=O) groups is 1. The summed E-state index contributed by atoms with van der Waals surface area (Å²) >= 11 is 0. The van der Waals surface area contributed by atoms with Gasteiger partial charge < -0.3 is 4.74 Å². The highest BCUT2D eigenvalue weighted by Gasteiger charge is 2.21. The summed E-state index contributed by atoms with van der Waals surface area (Å²) in [6.07, 6.45) is -4.27. The molecule has 0 amide bonds. The molecule has 0 aromatic heterocycles. The maximum absolute atomic E-state index is 12.3. The standard InChI is InChI=1S/C6H9F3O2/c1-4(10)11-3-6(9)5(8)2-7/h5-6H,2-3H2,1H3. The Balaban J connectivity index is 3.51. The minimum atomic E-state index is -2.20. The van der Waals surface area contributed by atoms with Gasteiger partial charge >= 0.3 is 5.97 Å². The zero-order valence-electron chi connectivity index (χ0n) is 6.02. The van der Waals surface area contributed by atoms with Crippen LogP contribution in [0.4, 0.5) is 13.2 Å². The summed E-state index contributed by atoms with van der Waals surface area (Å²) < 4.78 is 39.8. The zero-order chi connectivity index (χ0) is 8.85. The van der Waals surface area contributed by atoms with E-state index in [0.717, 1.165) is 6.92 Å². The number of halogens is 3. The van der Waals surface area contributed by atoms with Crippen LogP contribution >= 0.6 is 0 Å². The molecule has 0 fully saturated rings. The molecule has 0 heterocycles. The van der Waals surface area contributed by atoms with Crippen molar-refractivity contribution in [3.05, 3.63) is 0 Å². The molecule has 2 unspecified atom stereocenters. The maximum atomic E-state index is 12.3. The van der Waals surface area contributed by atoms with Crippen molar-refractivity contribution in [3.8, 4) is 0 Å². The van der Waals surface area contributed by atoms with Crippen LogP contribution in [0, 0.1) is 0 Å². The molecular formula is C6H9F3O2. The molecule has 0 aromatic rings. The van der Waals surface area contributed by atoms with Gasteiger partial charge in [0.05, 0.1) is 0 Å². The van der Waals surface area contributed by atoms with Gasteiger partial charge in [-0.15, -0.1) is 0 Å². The number of hydrogen-bond acceptors (Lipinski definition) is 2. The lowest BCUT2D eigenvalue weighted by molar-refractivity contribution is -0.143. The highest BCUT2D eigenvalue weighted by atomic mass is 19.2. The van der Waals surface area contributed by atoms with Gasteiger partial charge in [0.2, 0.25) is 0 Å². The Bertz CT molecular complexity index is 129. The molecule has 0 aliphatic carbocycles. The fourth-order valence-corrected chi connectivity index (χ4v) is 0.398. The molecule has 11 heavy (non-hydrogen) atoms. The van der Waals surface area contributed by atoms with Crippen LogP contribution in [0.3, 0.4) is 0 Å². The van der Waals surface area contributed by atoms with E-state index >= 15 is 0 Å². The monoisotopic (exact) mass is 170 g/mol. The van der Waals surface area contributed by atoms with E-state index in [1.165, 1.54) is 0 Å². The molecule has 0 aromatic carbocycles. The Hall–Kier alpha value is -0.740. The summed E-state index contributed by atoms with van der Waals surface area (Å²) in [5.41, 5.74) is 0. The molecule has 0 rings (SSSR count). The Kier molecular flexibility index (Phi) is 4.65. The molecule has 0 spiro atoms. The first kappa shape index (κ1) is 10.3. The normalized spacial score (nSPS) is 15.6. The van der Waals surface area contributed by atoms with Gasteiger partial charge in [0.25, 0.3) is 0 Å². The fraction of sp³-hybridized carbons (Fsp3) is 0.833. The van der Waals surface area contributed by atoms with Crippen molar-refractivity contribution < 1.29 is 22.7 Å². The molecule has 0 aliphatic heterocycles. The Labute approximate surface area is 62.3 Å². The van der Waals surface area contributed by atoms with Crippen LogP contribution in [0.1, 0.15) is 6.92 Å². The van der Waals surface area contributed by atoms with Crippen LogP contribution in [-0.4, -0.2) is 31.6 Å². The van der Waals surface area contributed by atoms with E-state index in [-0.39, 0.29) is 0 Å². The largest absolute Gasteiger partial charge is 0.463 e. The van der Waals surface area contributed by atoms with Crippen molar-refractivity contribution >= 4 is 5.97 Å². The predicted octanol–water partition coefficient (Wildman–Crippen LogP) is 1.20. The SMILES string of the molecule is CC(=O)OCC(F)C(F)CF. The molecule has 0 bridgehead atoms. The third-order valence-electron chi connectivity index (χ3n) is 0.986. The van der Waals surface area contributed by atoms with Gasteiger partial charge in [-0.05, 0) is 0 Å². The van der Waals surface area contributed by atoms with E-state index in [9.17, 15) is 18.0 Å². The fourth-order valence-electron chi connectivity index (χ4n) is 0.398. The maximum Gasteiger partial charge on any atom is 0.302 e. The predicted molar refractivity (Wildman–Crippen MR) is 32.4 cm³/mol. The first-order valence-electron chi connectivity index (χ1n) is 3.05. The van der Waals surface area contributed by atoms with Crippen LogP contribution in [0.25, 0.3) is 0 Å². The second kappa shape index (κ2) is 4.98. The molecule has 2 nitrogen and oxygen atoms in total. The first-order valence-corrected chi connectivity index (χ1v) is 3.05. The van der Waals surface area contributed by atoms with Crippen LogP contribution in [0.5, 0.6) is 0 Å². The lowest BCUT2D eigenvalue weighted by atomic mass is 10.3. The van der Waals surface area contributed by atoms with Gasteiger partial charge in [-0.2, -0.15) is 0 Å². The van der Waals surface area contributed by atoms with Crippen molar-refractivity contribution in [2.45, 2.75) is 19.3 Å². The third kappa shape index (κ3) is 4.64. The van der Waals surface area contributed by atoms with Crippen molar-refractivity contribution in [2.24, 2.45) is 0 Å². The average Bonchev–Trinajstić information content (AvgIpc) is 1.98. The van der Waals surface area contributed by atoms with Crippen LogP contribution in [0.2, 0.25) is 0 Å². The summed E-state index contributed by atoms with van der Waals surface area (Å²) in [4.78, 5) is 10.1. The topological polar surface area (TPSA) is 26.3 Å². The highest BCUT2D eigenvalue weighted by molar-refractivity contribution is 5.65. The van der Waals surface area contributed by atoms with E-state index < -0.39 is 31.6 Å². The smallest absolute Gasteiger partial charge is 0.302 e. The number of rotatable bonds is 4. The van der Waals surface area contributed by atoms with E-state index in [4.69, 9.17) is 0 Å². The number of alkyl halides is 3. The van der Waals surface area contributed by atoms with Gasteiger partial charge in [0.1, 0.15) is 13.3 Å². The molecular weight excluding hydrogens is 161 g/mol. The lowest BCUT2D eigenvalue weighted by Crippen LogP contribution is -2.25. The number of carbonyl (C=O) groups excluding carboxylic acids is 1. The van der Waals surface area contributed by atoms with Gasteiger partial charge in [0.15, 0.2) is 12.3 Å². The summed E-state index contributed by atoms with van der Waals surface area (Å²) in [5.74, 6) is -0.710. The van der Waals surface area contributed by atoms with Gasteiger partial charge in [-0.3, -0.25) is 4.79 Å². The van der Waals surface area contributed by atoms with Crippen molar-refractivity contribution in [1.29, 1.82) is 0 Å². The van der Waals surface area contributed by atoms with E-state index in [2.05, 4.69) is 4.74 Å². The summed E-state index contributed by atoms with van der Waals surface area (Å²) in [6.45, 7) is -1.06. The molecule has 2 atom stereocenters. The molecule has 0 radical (unpaired) electrons. The Morgan fingerprint density at radius 2 is 2.00 bits per heavy atom. The minimum Gasteiger partial charge on any atom is -0.463 e. The number of hydrogen-bond donors (Lipinski definition) is 0. The Morgan fingerprint density at radius 3 is 2.36 bits per heavy atom. The quantitative estimate of drug-likeness (QED) is 0.592. The molecule has 0 saturated carbocycles. The molecule has 0 saturated heterocycles. The molecule has 0 aliphatic rings. The van der Waals surface area contributed by atoms with Crippen LogP contribution in [-0.2, 0) is 9.53 Å². The Morgan fingerprint density at radius 1 is 1.45 bits per heavy atom. The summed E-state index contributed by atoms with van der Waals surface area (Å²) in [7, 11) is 0. The van der Waals surface area contributed by atoms with Crippen molar-refractivity contribution in [2.75, 3.05) is 13.3 Å². The molecule has 0 N–H and O–H groups in total. The first-order chi connectivity index (χ1) is 5.07. The molecule has 66 valence electrons.